The maximum absolute atomic E-state index is 13.1. The van der Waals surface area contributed by atoms with Gasteiger partial charge in [-0.15, -0.1) is 10.2 Å². The number of thioether (sulfide) groups is 1. The zero-order chi connectivity index (χ0) is 21.8. The van der Waals surface area contributed by atoms with Gasteiger partial charge in [0.15, 0.2) is 0 Å². The van der Waals surface area contributed by atoms with Crippen LogP contribution >= 0.6 is 11.8 Å². The Labute approximate surface area is 180 Å². The first-order chi connectivity index (χ1) is 14.9. The summed E-state index contributed by atoms with van der Waals surface area (Å²) in [5.74, 6) is -0.185. The van der Waals surface area contributed by atoms with E-state index in [0.29, 0.717) is 30.2 Å². The number of amides is 1. The number of halogens is 3. The zero-order valence-electron chi connectivity index (χ0n) is 16.2. The minimum absolute atomic E-state index is 0.0374. The number of carbonyl (C=O) groups excluding carboxylic acids is 1. The van der Waals surface area contributed by atoms with Crippen LogP contribution in [0.5, 0.6) is 0 Å². The number of anilines is 2. The fraction of sp³-hybridized carbons (Fsp3) is 0.300. The third kappa shape index (κ3) is 5.16. The lowest BCUT2D eigenvalue weighted by Crippen LogP contribution is -2.22. The van der Waals surface area contributed by atoms with Crippen molar-refractivity contribution in [2.75, 3.05) is 29.1 Å². The first-order valence-corrected chi connectivity index (χ1v) is 10.5. The molecular weight excluding hydrogens is 431 g/mol. The monoisotopic (exact) mass is 449 g/mol. The van der Waals surface area contributed by atoms with Gasteiger partial charge in [0.1, 0.15) is 5.69 Å². The molecule has 1 aliphatic rings. The molecule has 4 rings (SSSR count). The summed E-state index contributed by atoms with van der Waals surface area (Å²) < 4.78 is 44.9. The molecule has 0 radical (unpaired) electrons. The topological polar surface area (TPSA) is 84.1 Å². The molecule has 1 N–H and O–H groups in total. The number of nitrogens with one attached hydrogen (secondary N) is 1. The highest BCUT2D eigenvalue weighted by Crippen LogP contribution is 2.37. The first kappa shape index (κ1) is 21.2. The molecule has 3 heterocycles. The number of rotatable bonds is 6. The molecule has 1 fully saturated rings. The number of benzene rings is 1. The molecule has 162 valence electrons. The maximum Gasteiger partial charge on any atom is 0.416 e. The Hall–Kier alpha value is -3.08. The molecule has 0 saturated carbocycles. The lowest BCUT2D eigenvalue weighted by Gasteiger charge is -2.23. The van der Waals surface area contributed by atoms with Gasteiger partial charge >= 0.3 is 6.18 Å². The van der Waals surface area contributed by atoms with E-state index in [1.165, 1.54) is 6.07 Å². The van der Waals surface area contributed by atoms with Crippen molar-refractivity contribution in [3.05, 3.63) is 48.2 Å². The zero-order valence-corrected chi connectivity index (χ0v) is 17.0. The van der Waals surface area contributed by atoms with Gasteiger partial charge in [-0.3, -0.25) is 9.78 Å². The lowest BCUT2D eigenvalue weighted by atomic mass is 10.1. The van der Waals surface area contributed by atoms with Crippen molar-refractivity contribution in [2.45, 2.75) is 24.2 Å². The number of aromatic nitrogens is 3. The van der Waals surface area contributed by atoms with E-state index in [4.69, 9.17) is 4.42 Å². The van der Waals surface area contributed by atoms with Crippen LogP contribution in [0.15, 0.2) is 52.2 Å². The van der Waals surface area contributed by atoms with Crippen molar-refractivity contribution < 1.29 is 22.4 Å². The maximum atomic E-state index is 13.1. The first-order valence-electron chi connectivity index (χ1n) is 9.54. The highest BCUT2D eigenvalue weighted by molar-refractivity contribution is 7.99. The standard InChI is InChI=1S/C20H18F3N5O2S/c21-20(22,23)13-6-7-14(16(11-13)28-9-3-4-10-28)25-17(29)12-31-19-27-26-18(30-19)15-5-1-2-8-24-15/h1-2,5-8,11H,3-4,9-10,12H2,(H,25,29). The third-order valence-corrected chi connectivity index (χ3v) is 5.48. The molecule has 1 saturated heterocycles. The van der Waals surface area contributed by atoms with Gasteiger partial charge in [-0.05, 0) is 43.2 Å². The summed E-state index contributed by atoms with van der Waals surface area (Å²) in [7, 11) is 0. The molecule has 31 heavy (non-hydrogen) atoms. The summed E-state index contributed by atoms with van der Waals surface area (Å²) in [6.45, 7) is 1.30. The van der Waals surface area contributed by atoms with Crippen LogP contribution in [-0.4, -0.2) is 39.9 Å². The van der Waals surface area contributed by atoms with E-state index in [1.54, 1.807) is 24.4 Å². The Bertz CT molecular complexity index is 1050. The van der Waals surface area contributed by atoms with E-state index in [1.807, 2.05) is 4.90 Å². The smallest absolute Gasteiger partial charge is 0.410 e. The second kappa shape index (κ2) is 8.96. The summed E-state index contributed by atoms with van der Waals surface area (Å²) in [5, 5.41) is 10.7. The quantitative estimate of drug-likeness (QED) is 0.556. The summed E-state index contributed by atoms with van der Waals surface area (Å²) in [6.07, 6.45) is -1.05. The van der Waals surface area contributed by atoms with Gasteiger partial charge in [-0.25, -0.2) is 0 Å². The summed E-state index contributed by atoms with van der Waals surface area (Å²) in [6, 6.07) is 8.63. The van der Waals surface area contributed by atoms with E-state index in [0.717, 1.165) is 36.7 Å². The van der Waals surface area contributed by atoms with Crippen LogP contribution in [0.25, 0.3) is 11.6 Å². The van der Waals surface area contributed by atoms with Crippen LogP contribution < -0.4 is 10.2 Å². The van der Waals surface area contributed by atoms with Crippen molar-refractivity contribution in [2.24, 2.45) is 0 Å². The number of alkyl halides is 3. The highest BCUT2D eigenvalue weighted by Gasteiger charge is 2.32. The van der Waals surface area contributed by atoms with Gasteiger partial charge < -0.3 is 14.6 Å². The minimum Gasteiger partial charge on any atom is -0.410 e. The van der Waals surface area contributed by atoms with Crippen LogP contribution in [-0.2, 0) is 11.0 Å². The molecule has 0 atom stereocenters. The Morgan fingerprint density at radius 3 is 2.68 bits per heavy atom. The molecule has 0 aliphatic carbocycles. The van der Waals surface area contributed by atoms with Crippen molar-refractivity contribution >= 4 is 29.0 Å². The average Bonchev–Trinajstić information content (AvgIpc) is 3.45. The summed E-state index contributed by atoms with van der Waals surface area (Å²) >= 11 is 1.04. The lowest BCUT2D eigenvalue weighted by molar-refractivity contribution is -0.137. The molecule has 0 unspecified atom stereocenters. The second-order valence-corrected chi connectivity index (χ2v) is 7.78. The minimum atomic E-state index is -4.45. The van der Waals surface area contributed by atoms with E-state index in [-0.39, 0.29) is 22.8 Å². The van der Waals surface area contributed by atoms with Crippen molar-refractivity contribution in [3.8, 4) is 11.6 Å². The van der Waals surface area contributed by atoms with Crippen molar-refractivity contribution in [1.29, 1.82) is 0 Å². The highest BCUT2D eigenvalue weighted by atomic mass is 32.2. The fourth-order valence-corrected chi connectivity index (χ4v) is 3.77. The summed E-state index contributed by atoms with van der Waals surface area (Å²) in [5.41, 5.74) is 0.502. The van der Waals surface area contributed by atoms with Crippen LogP contribution in [0.3, 0.4) is 0 Å². The van der Waals surface area contributed by atoms with Gasteiger partial charge in [0, 0.05) is 19.3 Å². The fourth-order valence-electron chi connectivity index (χ4n) is 3.21. The Balaban J connectivity index is 1.43. The van der Waals surface area contributed by atoms with Crippen molar-refractivity contribution in [3.63, 3.8) is 0 Å². The average molecular weight is 449 g/mol. The van der Waals surface area contributed by atoms with Gasteiger partial charge in [-0.2, -0.15) is 13.2 Å². The Kier molecular flexibility index (Phi) is 6.12. The van der Waals surface area contributed by atoms with Crippen LogP contribution in [0.4, 0.5) is 24.5 Å². The number of hydrogen-bond donors (Lipinski definition) is 1. The number of hydrogen-bond acceptors (Lipinski definition) is 7. The number of pyridine rings is 1. The van der Waals surface area contributed by atoms with Gasteiger partial charge in [-0.1, -0.05) is 17.8 Å². The van der Waals surface area contributed by atoms with E-state index in [2.05, 4.69) is 20.5 Å². The molecule has 11 heteroatoms. The van der Waals surface area contributed by atoms with Crippen LogP contribution in [0.1, 0.15) is 18.4 Å². The van der Waals surface area contributed by atoms with Crippen molar-refractivity contribution in [1.82, 2.24) is 15.2 Å². The van der Waals surface area contributed by atoms with Gasteiger partial charge in [0.2, 0.25) is 5.91 Å². The van der Waals surface area contributed by atoms with Crippen LogP contribution in [0.2, 0.25) is 0 Å². The number of carbonyl (C=O) groups is 1. The largest absolute Gasteiger partial charge is 0.416 e. The predicted molar refractivity (Wildman–Crippen MR) is 110 cm³/mol. The molecular formula is C20H18F3N5O2S. The second-order valence-electron chi connectivity index (χ2n) is 6.85. The third-order valence-electron chi connectivity index (χ3n) is 4.66. The van der Waals surface area contributed by atoms with Crippen LogP contribution in [0, 0.1) is 0 Å². The van der Waals surface area contributed by atoms with Gasteiger partial charge in [0.05, 0.1) is 22.7 Å². The Morgan fingerprint density at radius 2 is 1.97 bits per heavy atom. The predicted octanol–water partition coefficient (Wildman–Crippen LogP) is 4.48. The molecule has 3 aromatic rings. The molecule has 0 spiro atoms. The van der Waals surface area contributed by atoms with E-state index in [9.17, 15) is 18.0 Å². The molecule has 7 nitrogen and oxygen atoms in total. The summed E-state index contributed by atoms with van der Waals surface area (Å²) in [4.78, 5) is 18.4. The molecule has 1 aliphatic heterocycles. The molecule has 0 bridgehead atoms. The molecule has 1 amide bonds. The van der Waals surface area contributed by atoms with E-state index >= 15 is 0 Å². The molecule has 2 aromatic heterocycles. The van der Waals surface area contributed by atoms with Gasteiger partial charge in [0.25, 0.3) is 11.1 Å². The number of nitrogens with zero attached hydrogens (tertiary/aromatic N) is 4. The normalized spacial score (nSPS) is 14.1. The Morgan fingerprint density at radius 1 is 1.16 bits per heavy atom. The molecule has 1 aromatic carbocycles. The van der Waals surface area contributed by atoms with E-state index < -0.39 is 11.7 Å². The SMILES string of the molecule is O=C(CSc1nnc(-c2ccccn2)o1)Nc1ccc(C(F)(F)F)cc1N1CCCC1.